The summed E-state index contributed by atoms with van der Waals surface area (Å²) < 4.78 is 0. The number of Topliss-reactive ketones (excluding diaryl/α,β-unsaturated/α-hetero) is 2. The van der Waals surface area contributed by atoms with E-state index in [0.29, 0.717) is 0 Å². The molecule has 0 aromatic carbocycles. The normalized spacial score (nSPS) is 25.8. The van der Waals surface area contributed by atoms with Crippen molar-refractivity contribution in [2.45, 2.75) is 0 Å². The summed E-state index contributed by atoms with van der Waals surface area (Å²) in [6.07, 6.45) is 3.10. The first-order valence-electron chi connectivity index (χ1n) is 6.55. The van der Waals surface area contributed by atoms with E-state index >= 15 is 0 Å². The van der Waals surface area contributed by atoms with E-state index in [1.165, 1.54) is 0 Å². The maximum Gasteiger partial charge on any atom is 0.277 e. The Morgan fingerprint density at radius 1 is 0.708 bits per heavy atom. The van der Waals surface area contributed by atoms with Crippen molar-refractivity contribution in [3.05, 3.63) is 67.1 Å². The van der Waals surface area contributed by atoms with E-state index in [4.69, 9.17) is 0 Å². The van der Waals surface area contributed by atoms with Gasteiger partial charge in [-0.2, -0.15) is 0 Å². The van der Waals surface area contributed by atoms with Crippen molar-refractivity contribution in [2.24, 2.45) is 11.8 Å². The van der Waals surface area contributed by atoms with E-state index < -0.39 is 67.4 Å². The minimum absolute atomic E-state index is 0.730. The number of ketones is 4. The average Bonchev–Trinajstić information content (AvgIpc) is 2.51. The number of fused-ring (bicyclic) bond motifs is 2. The zero-order valence-corrected chi connectivity index (χ0v) is 11.6. The number of carbonyl (C=O) groups excluding carboxylic acids is 4. The molecule has 2 atom stereocenters. The van der Waals surface area contributed by atoms with Crippen LogP contribution in [0.25, 0.3) is 0 Å². The number of rotatable bonds is 2. The van der Waals surface area contributed by atoms with Crippen LogP contribution in [0.15, 0.2) is 46.8 Å². The van der Waals surface area contributed by atoms with Crippen molar-refractivity contribution in [1.82, 2.24) is 0 Å². The molecular formula is C14H6N2O8. The minimum atomic E-state index is -1.79. The molecule has 120 valence electrons. The highest BCUT2D eigenvalue weighted by Crippen LogP contribution is 2.40. The van der Waals surface area contributed by atoms with Crippen LogP contribution in [0.5, 0.6) is 0 Å². The van der Waals surface area contributed by atoms with Gasteiger partial charge in [0.1, 0.15) is 11.8 Å². The Kier molecular flexibility index (Phi) is 3.18. The highest BCUT2D eigenvalue weighted by Gasteiger charge is 2.55. The molecule has 0 aliphatic heterocycles. The van der Waals surface area contributed by atoms with E-state index in [1.807, 2.05) is 0 Å². The van der Waals surface area contributed by atoms with Gasteiger partial charge in [-0.1, -0.05) is 0 Å². The van der Waals surface area contributed by atoms with Crippen molar-refractivity contribution < 1.29 is 29.0 Å². The van der Waals surface area contributed by atoms with Crippen LogP contribution >= 0.6 is 0 Å². The number of nitro groups is 2. The third kappa shape index (κ3) is 1.89. The highest BCUT2D eigenvalue weighted by atomic mass is 16.6. The van der Waals surface area contributed by atoms with Gasteiger partial charge in [0.05, 0.1) is 21.0 Å². The van der Waals surface area contributed by atoms with Crippen LogP contribution in [-0.4, -0.2) is 33.0 Å². The first kappa shape index (κ1) is 15.3. The van der Waals surface area contributed by atoms with Crippen LogP contribution in [0, 0.1) is 32.1 Å². The lowest BCUT2D eigenvalue weighted by Crippen LogP contribution is -2.47. The summed E-state index contributed by atoms with van der Waals surface area (Å²) in [4.78, 5) is 69.3. The van der Waals surface area contributed by atoms with Gasteiger partial charge in [-0.15, -0.1) is 0 Å². The van der Waals surface area contributed by atoms with Gasteiger partial charge in [-0.25, -0.2) is 0 Å². The van der Waals surface area contributed by atoms with Crippen LogP contribution < -0.4 is 0 Å². The number of hydrogen-bond donors (Lipinski definition) is 0. The molecule has 0 aromatic rings. The van der Waals surface area contributed by atoms with E-state index in [9.17, 15) is 39.4 Å². The second-order valence-corrected chi connectivity index (χ2v) is 5.18. The maximum atomic E-state index is 12.6. The summed E-state index contributed by atoms with van der Waals surface area (Å²) in [7, 11) is 0. The molecule has 0 radical (unpaired) electrons. The topological polar surface area (TPSA) is 155 Å². The van der Waals surface area contributed by atoms with Crippen LogP contribution in [0.4, 0.5) is 0 Å². The van der Waals surface area contributed by atoms with Gasteiger partial charge in [0.15, 0.2) is 17.3 Å². The Bertz CT molecular complexity index is 832. The third-order valence-electron chi connectivity index (χ3n) is 3.96. The van der Waals surface area contributed by atoms with Gasteiger partial charge in [0.2, 0.25) is 5.78 Å². The molecule has 0 aromatic heterocycles. The lowest BCUT2D eigenvalue weighted by atomic mass is 9.66. The van der Waals surface area contributed by atoms with Crippen molar-refractivity contribution in [3.8, 4) is 0 Å². The van der Waals surface area contributed by atoms with Crippen molar-refractivity contribution in [2.75, 3.05) is 0 Å². The first-order chi connectivity index (χ1) is 11.3. The van der Waals surface area contributed by atoms with Gasteiger partial charge in [-0.3, -0.25) is 39.4 Å². The quantitative estimate of drug-likeness (QED) is 0.380. The molecule has 10 nitrogen and oxygen atoms in total. The molecule has 0 N–H and O–H groups in total. The molecule has 0 amide bonds. The van der Waals surface area contributed by atoms with Crippen molar-refractivity contribution >= 4 is 23.1 Å². The molecule has 0 bridgehead atoms. The number of nitrogens with zero attached hydrogens (tertiary/aromatic N) is 2. The summed E-state index contributed by atoms with van der Waals surface area (Å²) in [6, 6.07) is 0. The largest absolute Gasteiger partial charge is 0.297 e. The molecule has 3 aliphatic carbocycles. The molecule has 0 heterocycles. The summed E-state index contributed by atoms with van der Waals surface area (Å²) >= 11 is 0. The summed E-state index contributed by atoms with van der Waals surface area (Å²) in [5.41, 5.74) is -3.03. The van der Waals surface area contributed by atoms with Crippen molar-refractivity contribution in [3.63, 3.8) is 0 Å². The Labute approximate surface area is 132 Å². The second-order valence-electron chi connectivity index (χ2n) is 5.18. The van der Waals surface area contributed by atoms with Crippen LogP contribution in [0.3, 0.4) is 0 Å². The lowest BCUT2D eigenvalue weighted by molar-refractivity contribution is -0.421. The number of allylic oxidation sites excluding steroid dienone is 6. The predicted octanol–water partition coefficient (Wildman–Crippen LogP) is -0.290. The Balaban J connectivity index is 2.35. The Morgan fingerprint density at radius 3 is 1.42 bits per heavy atom. The van der Waals surface area contributed by atoms with Crippen LogP contribution in [-0.2, 0) is 19.2 Å². The monoisotopic (exact) mass is 330 g/mol. The first-order valence-corrected chi connectivity index (χ1v) is 6.55. The van der Waals surface area contributed by atoms with Gasteiger partial charge >= 0.3 is 0 Å². The van der Waals surface area contributed by atoms with Gasteiger partial charge in [-0.05, 0) is 12.2 Å². The van der Waals surface area contributed by atoms with Gasteiger partial charge < -0.3 is 0 Å². The summed E-state index contributed by atoms with van der Waals surface area (Å²) in [5.74, 6) is -7.60. The standard InChI is InChI=1S/C14H6N2O8/c17-7-3-1-5(15(21)22)9-11(7)14(20)12-8(18)4-2-6(16(23)24)10(12)13(9)19/h1-4,11-12H. The van der Waals surface area contributed by atoms with E-state index in [0.717, 1.165) is 24.3 Å². The van der Waals surface area contributed by atoms with Gasteiger partial charge in [0, 0.05) is 12.2 Å². The third-order valence-corrected chi connectivity index (χ3v) is 3.96. The predicted molar refractivity (Wildman–Crippen MR) is 73.3 cm³/mol. The molecule has 0 spiro atoms. The summed E-state index contributed by atoms with van der Waals surface area (Å²) in [5, 5.41) is 22.2. The smallest absolute Gasteiger partial charge is 0.277 e. The van der Waals surface area contributed by atoms with Gasteiger partial charge in [0.25, 0.3) is 11.4 Å². The minimum Gasteiger partial charge on any atom is -0.297 e. The molecule has 3 aliphatic rings. The SMILES string of the molecule is O=C1C2=C([N+](=O)[O-])C=CC(=O)C2C(=O)C2C(=O)C=CC([N+](=O)[O-])=C12. The average molecular weight is 330 g/mol. The van der Waals surface area contributed by atoms with E-state index in [-0.39, 0.29) is 0 Å². The zero-order chi connectivity index (χ0) is 17.8. The second kappa shape index (κ2) is 4.98. The zero-order valence-electron chi connectivity index (χ0n) is 11.6. The Hall–Kier alpha value is -3.56. The van der Waals surface area contributed by atoms with Crippen LogP contribution in [0.1, 0.15) is 0 Å². The number of carbonyl (C=O) groups is 4. The lowest BCUT2D eigenvalue weighted by Gasteiger charge is -2.30. The Morgan fingerprint density at radius 2 is 1.08 bits per heavy atom. The number of hydrogen-bond acceptors (Lipinski definition) is 8. The van der Waals surface area contributed by atoms with E-state index in [2.05, 4.69) is 0 Å². The molecule has 2 unspecified atom stereocenters. The molecule has 10 heteroatoms. The molecule has 24 heavy (non-hydrogen) atoms. The molecule has 1 fully saturated rings. The fraction of sp³-hybridized carbons (Fsp3) is 0.143. The fourth-order valence-corrected chi connectivity index (χ4v) is 2.96. The molecular weight excluding hydrogens is 324 g/mol. The summed E-state index contributed by atoms with van der Waals surface area (Å²) in [6.45, 7) is 0. The molecule has 1 saturated carbocycles. The molecule has 3 rings (SSSR count). The van der Waals surface area contributed by atoms with E-state index in [1.54, 1.807) is 0 Å². The van der Waals surface area contributed by atoms with Crippen LogP contribution in [0.2, 0.25) is 0 Å². The highest BCUT2D eigenvalue weighted by molar-refractivity contribution is 6.33. The fourth-order valence-electron chi connectivity index (χ4n) is 2.96. The maximum absolute atomic E-state index is 12.6. The molecule has 0 saturated heterocycles. The van der Waals surface area contributed by atoms with Crippen molar-refractivity contribution in [1.29, 1.82) is 0 Å².